The van der Waals surface area contributed by atoms with Crippen LogP contribution in [0, 0.1) is 6.92 Å². The summed E-state index contributed by atoms with van der Waals surface area (Å²) in [7, 11) is 0. The van der Waals surface area contributed by atoms with Gasteiger partial charge in [-0.2, -0.15) is 5.10 Å². The SMILES string of the molecule is Cc1nn(-c2ccccc2)c2sc(C(=O)N3CCOCC3C(=O)O)cc12. The van der Waals surface area contributed by atoms with E-state index in [-0.39, 0.29) is 19.1 Å². The summed E-state index contributed by atoms with van der Waals surface area (Å²) in [5.74, 6) is -1.33. The summed E-state index contributed by atoms with van der Waals surface area (Å²) in [4.78, 5) is 27.1. The molecule has 0 radical (unpaired) electrons. The van der Waals surface area contributed by atoms with Crippen LogP contribution in [0.1, 0.15) is 15.4 Å². The highest BCUT2D eigenvalue weighted by molar-refractivity contribution is 7.20. The Hall–Kier alpha value is -2.71. The van der Waals surface area contributed by atoms with Gasteiger partial charge in [0, 0.05) is 11.9 Å². The van der Waals surface area contributed by atoms with E-state index in [1.165, 1.54) is 16.2 Å². The molecule has 8 heteroatoms. The molecule has 26 heavy (non-hydrogen) atoms. The summed E-state index contributed by atoms with van der Waals surface area (Å²) in [5.41, 5.74) is 1.75. The van der Waals surface area contributed by atoms with Crippen molar-refractivity contribution in [1.82, 2.24) is 14.7 Å². The lowest BCUT2D eigenvalue weighted by atomic mass is 10.2. The van der Waals surface area contributed by atoms with Gasteiger partial charge in [-0.1, -0.05) is 18.2 Å². The summed E-state index contributed by atoms with van der Waals surface area (Å²) >= 11 is 1.33. The average molecular weight is 371 g/mol. The van der Waals surface area contributed by atoms with Crippen LogP contribution in [-0.4, -0.2) is 57.5 Å². The Kier molecular flexibility index (Phi) is 4.21. The van der Waals surface area contributed by atoms with Crippen LogP contribution in [-0.2, 0) is 9.53 Å². The summed E-state index contributed by atoms with van der Waals surface area (Å²) < 4.78 is 7.03. The van der Waals surface area contributed by atoms with Crippen LogP contribution in [0.15, 0.2) is 36.4 Å². The number of morpholine rings is 1. The molecule has 1 aliphatic heterocycles. The number of carboxylic acids is 1. The quantitative estimate of drug-likeness (QED) is 0.764. The maximum atomic E-state index is 12.9. The first-order chi connectivity index (χ1) is 12.6. The number of hydrogen-bond donors (Lipinski definition) is 1. The molecule has 1 unspecified atom stereocenters. The number of nitrogens with zero attached hydrogens (tertiary/aromatic N) is 3. The van der Waals surface area contributed by atoms with Gasteiger partial charge in [-0.05, 0) is 25.1 Å². The van der Waals surface area contributed by atoms with Crippen LogP contribution < -0.4 is 0 Å². The van der Waals surface area contributed by atoms with Gasteiger partial charge in [-0.3, -0.25) is 4.79 Å². The van der Waals surface area contributed by atoms with Crippen molar-refractivity contribution in [3.8, 4) is 5.69 Å². The number of carbonyl (C=O) groups is 2. The van der Waals surface area contributed by atoms with Crippen molar-refractivity contribution in [2.45, 2.75) is 13.0 Å². The normalized spacial score (nSPS) is 17.6. The molecule has 134 valence electrons. The number of amides is 1. The first kappa shape index (κ1) is 16.7. The van der Waals surface area contributed by atoms with Crippen LogP contribution in [0.3, 0.4) is 0 Å². The molecule has 1 N–H and O–H groups in total. The third-order valence-electron chi connectivity index (χ3n) is 4.43. The van der Waals surface area contributed by atoms with E-state index in [2.05, 4.69) is 5.10 Å². The molecule has 2 aromatic heterocycles. The molecular formula is C18H17N3O4S. The van der Waals surface area contributed by atoms with E-state index in [4.69, 9.17) is 4.74 Å². The van der Waals surface area contributed by atoms with Crippen LogP contribution in [0.2, 0.25) is 0 Å². The summed E-state index contributed by atoms with van der Waals surface area (Å²) in [6.45, 7) is 2.53. The zero-order chi connectivity index (χ0) is 18.3. The van der Waals surface area contributed by atoms with Gasteiger partial charge in [-0.25, -0.2) is 9.48 Å². The number of para-hydroxylation sites is 1. The third kappa shape index (κ3) is 2.77. The van der Waals surface area contributed by atoms with Crippen molar-refractivity contribution in [1.29, 1.82) is 0 Å². The van der Waals surface area contributed by atoms with Gasteiger partial charge in [-0.15, -0.1) is 11.3 Å². The van der Waals surface area contributed by atoms with E-state index in [0.717, 1.165) is 21.6 Å². The molecule has 1 aromatic carbocycles. The Bertz CT molecular complexity index is 979. The smallest absolute Gasteiger partial charge is 0.328 e. The van der Waals surface area contributed by atoms with E-state index in [1.807, 2.05) is 41.9 Å². The largest absolute Gasteiger partial charge is 0.480 e. The molecule has 0 saturated carbocycles. The number of ether oxygens (including phenoxy) is 1. The highest BCUT2D eigenvalue weighted by Crippen LogP contribution is 2.31. The number of rotatable bonds is 3. The molecule has 0 aliphatic carbocycles. The first-order valence-electron chi connectivity index (χ1n) is 8.22. The van der Waals surface area contributed by atoms with Crippen LogP contribution in [0.4, 0.5) is 0 Å². The first-order valence-corrected chi connectivity index (χ1v) is 9.04. The lowest BCUT2D eigenvalue weighted by molar-refractivity contribution is -0.147. The van der Waals surface area contributed by atoms with E-state index >= 15 is 0 Å². The predicted molar refractivity (Wildman–Crippen MR) is 97.0 cm³/mol. The number of thiophene rings is 1. The van der Waals surface area contributed by atoms with Gasteiger partial charge in [0.05, 0.1) is 29.5 Å². The van der Waals surface area contributed by atoms with Gasteiger partial charge in [0.15, 0.2) is 6.04 Å². The van der Waals surface area contributed by atoms with Crippen molar-refractivity contribution in [2.75, 3.05) is 19.8 Å². The number of benzene rings is 1. The Balaban J connectivity index is 1.74. The molecule has 3 heterocycles. The molecule has 0 spiro atoms. The van der Waals surface area contributed by atoms with Gasteiger partial charge in [0.1, 0.15) is 4.83 Å². The molecule has 1 amide bonds. The topological polar surface area (TPSA) is 84.7 Å². The number of fused-ring (bicyclic) bond motifs is 1. The lowest BCUT2D eigenvalue weighted by Crippen LogP contribution is -2.52. The molecule has 7 nitrogen and oxygen atoms in total. The average Bonchev–Trinajstić information content (AvgIpc) is 3.22. The third-order valence-corrected chi connectivity index (χ3v) is 5.53. The predicted octanol–water partition coefficient (Wildman–Crippen LogP) is 2.32. The zero-order valence-corrected chi connectivity index (χ0v) is 14.9. The highest BCUT2D eigenvalue weighted by atomic mass is 32.1. The van der Waals surface area contributed by atoms with E-state index in [0.29, 0.717) is 11.5 Å². The summed E-state index contributed by atoms with van der Waals surface area (Å²) in [6.07, 6.45) is 0. The minimum atomic E-state index is -1.05. The molecule has 1 atom stereocenters. The fourth-order valence-electron chi connectivity index (χ4n) is 3.09. The summed E-state index contributed by atoms with van der Waals surface area (Å²) in [5, 5.41) is 14.8. The minimum absolute atomic E-state index is 0.0167. The Morgan fingerprint density at radius 1 is 1.31 bits per heavy atom. The van der Waals surface area contributed by atoms with Crippen molar-refractivity contribution in [2.24, 2.45) is 0 Å². The fraction of sp³-hybridized carbons (Fsp3) is 0.278. The van der Waals surface area contributed by atoms with Gasteiger partial charge in [0.25, 0.3) is 5.91 Å². The number of aromatic nitrogens is 2. The Labute approximate surface area is 153 Å². The second-order valence-electron chi connectivity index (χ2n) is 6.09. The number of hydrogen-bond acceptors (Lipinski definition) is 5. The standard InChI is InChI=1S/C18H17N3O4S/c1-11-13-9-15(16(22)20-7-8-25-10-14(20)18(23)24)26-17(13)21(19-11)12-5-3-2-4-6-12/h2-6,9,14H,7-8,10H2,1H3,(H,23,24). The number of aryl methyl sites for hydroxylation is 1. The van der Waals surface area contributed by atoms with Gasteiger partial charge in [0.2, 0.25) is 0 Å². The molecule has 3 aromatic rings. The molecule has 0 bridgehead atoms. The Morgan fingerprint density at radius 3 is 2.81 bits per heavy atom. The van der Waals surface area contributed by atoms with Gasteiger partial charge < -0.3 is 14.7 Å². The number of carbonyl (C=O) groups excluding carboxylic acids is 1. The maximum absolute atomic E-state index is 12.9. The van der Waals surface area contributed by atoms with Crippen molar-refractivity contribution >= 4 is 33.4 Å². The molecule has 1 saturated heterocycles. The molecule has 1 fully saturated rings. The van der Waals surface area contributed by atoms with Crippen molar-refractivity contribution in [3.05, 3.63) is 47.0 Å². The van der Waals surface area contributed by atoms with Crippen molar-refractivity contribution in [3.63, 3.8) is 0 Å². The fourth-order valence-corrected chi connectivity index (χ4v) is 4.23. The maximum Gasteiger partial charge on any atom is 0.328 e. The zero-order valence-electron chi connectivity index (χ0n) is 14.1. The summed E-state index contributed by atoms with van der Waals surface area (Å²) in [6, 6.07) is 10.6. The highest BCUT2D eigenvalue weighted by Gasteiger charge is 2.34. The molecule has 4 rings (SSSR count). The van der Waals surface area contributed by atoms with Crippen LogP contribution in [0.25, 0.3) is 15.9 Å². The second kappa shape index (κ2) is 6.54. The van der Waals surface area contributed by atoms with Crippen molar-refractivity contribution < 1.29 is 19.4 Å². The number of carboxylic acid groups (broad SMARTS) is 1. The molecule has 1 aliphatic rings. The monoisotopic (exact) mass is 371 g/mol. The van der Waals surface area contributed by atoms with Crippen LogP contribution in [0.5, 0.6) is 0 Å². The molecular weight excluding hydrogens is 354 g/mol. The van der Waals surface area contributed by atoms with E-state index in [1.54, 1.807) is 6.07 Å². The van der Waals surface area contributed by atoms with E-state index in [9.17, 15) is 14.7 Å². The van der Waals surface area contributed by atoms with Crippen LogP contribution >= 0.6 is 11.3 Å². The van der Waals surface area contributed by atoms with Gasteiger partial charge >= 0.3 is 5.97 Å². The lowest BCUT2D eigenvalue weighted by Gasteiger charge is -2.32. The minimum Gasteiger partial charge on any atom is -0.480 e. The Morgan fingerprint density at radius 2 is 2.08 bits per heavy atom. The number of aliphatic carboxylic acids is 1. The van der Waals surface area contributed by atoms with E-state index < -0.39 is 12.0 Å². The second-order valence-corrected chi connectivity index (χ2v) is 7.12.